The molecule has 0 unspecified atom stereocenters. The highest BCUT2D eigenvalue weighted by Gasteiger charge is 2.24. The van der Waals surface area contributed by atoms with Crippen LogP contribution in [-0.4, -0.2) is 25.7 Å². The lowest BCUT2D eigenvalue weighted by molar-refractivity contribution is 0.224. The Morgan fingerprint density at radius 3 is 2.74 bits per heavy atom. The Labute approximate surface area is 112 Å². The summed E-state index contributed by atoms with van der Waals surface area (Å²) in [4.78, 5) is 6.63. The molecule has 0 saturated carbocycles. The molecule has 1 aliphatic heterocycles. The normalized spacial score (nSPS) is 14.6. The fraction of sp³-hybridized carbons (Fsp3) is 0.357. The molecule has 3 rings (SSSR count). The number of fused-ring (bicyclic) bond motifs is 1. The van der Waals surface area contributed by atoms with Gasteiger partial charge in [0.2, 0.25) is 0 Å². The molecule has 0 atom stereocenters. The van der Waals surface area contributed by atoms with Crippen LogP contribution in [0.5, 0.6) is 0 Å². The zero-order chi connectivity index (χ0) is 13.4. The van der Waals surface area contributed by atoms with Crippen molar-refractivity contribution in [3.63, 3.8) is 0 Å². The van der Waals surface area contributed by atoms with E-state index in [4.69, 9.17) is 5.26 Å². The van der Waals surface area contributed by atoms with E-state index >= 15 is 0 Å². The van der Waals surface area contributed by atoms with Gasteiger partial charge in [0.05, 0.1) is 11.3 Å². The molecular formula is C14H15N5. The Kier molecular flexibility index (Phi) is 2.80. The molecule has 0 spiro atoms. The fourth-order valence-electron chi connectivity index (χ4n) is 2.25. The Morgan fingerprint density at radius 1 is 1.32 bits per heavy atom. The molecule has 0 aliphatic carbocycles. The first-order valence-electron chi connectivity index (χ1n) is 6.35. The SMILES string of the molecule is CC(C)N1Cc2cn(-c3ccc(C#N)cn3)nc2C1. The number of hydrogen-bond donors (Lipinski definition) is 0. The maximum Gasteiger partial charge on any atom is 0.153 e. The van der Waals surface area contributed by atoms with Crippen molar-refractivity contribution < 1.29 is 0 Å². The van der Waals surface area contributed by atoms with Crippen LogP contribution in [0.4, 0.5) is 0 Å². The Hall–Kier alpha value is -2.19. The van der Waals surface area contributed by atoms with Gasteiger partial charge in [-0.3, -0.25) is 4.90 Å². The van der Waals surface area contributed by atoms with E-state index in [1.807, 2.05) is 12.3 Å². The van der Waals surface area contributed by atoms with Crippen LogP contribution >= 0.6 is 0 Å². The second-order valence-electron chi connectivity index (χ2n) is 5.06. The highest BCUT2D eigenvalue weighted by molar-refractivity contribution is 5.33. The van der Waals surface area contributed by atoms with Crippen molar-refractivity contribution in [1.82, 2.24) is 19.7 Å². The lowest BCUT2D eigenvalue weighted by Crippen LogP contribution is -2.25. The summed E-state index contributed by atoms with van der Waals surface area (Å²) in [6.07, 6.45) is 3.61. The van der Waals surface area contributed by atoms with Crippen LogP contribution in [0.15, 0.2) is 24.5 Å². The van der Waals surface area contributed by atoms with Crippen molar-refractivity contribution in [3.05, 3.63) is 41.3 Å². The van der Waals surface area contributed by atoms with Crippen molar-refractivity contribution >= 4 is 0 Å². The van der Waals surface area contributed by atoms with Crippen molar-refractivity contribution in [1.29, 1.82) is 5.26 Å². The van der Waals surface area contributed by atoms with E-state index in [-0.39, 0.29) is 0 Å². The van der Waals surface area contributed by atoms with Crippen LogP contribution in [0.25, 0.3) is 5.82 Å². The van der Waals surface area contributed by atoms with E-state index in [0.717, 1.165) is 24.6 Å². The molecule has 0 bridgehead atoms. The zero-order valence-corrected chi connectivity index (χ0v) is 11.0. The van der Waals surface area contributed by atoms with Gasteiger partial charge in [-0.25, -0.2) is 9.67 Å². The summed E-state index contributed by atoms with van der Waals surface area (Å²) in [5.41, 5.74) is 2.95. The van der Waals surface area contributed by atoms with E-state index in [2.05, 4.69) is 34.9 Å². The van der Waals surface area contributed by atoms with Crippen LogP contribution in [0.3, 0.4) is 0 Å². The fourth-order valence-corrected chi connectivity index (χ4v) is 2.25. The maximum absolute atomic E-state index is 8.76. The average Bonchev–Trinajstić information content (AvgIpc) is 2.97. The topological polar surface area (TPSA) is 57.7 Å². The standard InChI is InChI=1S/C14H15N5/c1-10(2)18-7-12-8-19(17-13(12)9-18)14-4-3-11(5-15)6-16-14/h3-4,6,8,10H,7,9H2,1-2H3. The summed E-state index contributed by atoms with van der Waals surface area (Å²) in [6.45, 7) is 6.24. The number of pyridine rings is 1. The monoisotopic (exact) mass is 253 g/mol. The number of hydrogen-bond acceptors (Lipinski definition) is 4. The minimum Gasteiger partial charge on any atom is -0.291 e. The first kappa shape index (κ1) is 11.9. The molecule has 19 heavy (non-hydrogen) atoms. The lowest BCUT2D eigenvalue weighted by Gasteiger charge is -2.19. The highest BCUT2D eigenvalue weighted by atomic mass is 15.3. The van der Waals surface area contributed by atoms with Gasteiger partial charge in [0, 0.05) is 37.1 Å². The Bertz CT molecular complexity index is 609. The largest absolute Gasteiger partial charge is 0.291 e. The van der Waals surface area contributed by atoms with Gasteiger partial charge in [-0.2, -0.15) is 10.4 Å². The van der Waals surface area contributed by atoms with Gasteiger partial charge in [-0.05, 0) is 26.0 Å². The van der Waals surface area contributed by atoms with Crippen LogP contribution in [0.2, 0.25) is 0 Å². The molecule has 0 aromatic carbocycles. The number of aromatic nitrogens is 3. The predicted octanol–water partition coefficient (Wildman–Crippen LogP) is 1.86. The van der Waals surface area contributed by atoms with Crippen molar-refractivity contribution in [2.45, 2.75) is 33.0 Å². The van der Waals surface area contributed by atoms with Crippen LogP contribution < -0.4 is 0 Å². The molecule has 3 heterocycles. The molecule has 5 heteroatoms. The number of nitrogens with zero attached hydrogens (tertiary/aromatic N) is 5. The Morgan fingerprint density at radius 2 is 2.16 bits per heavy atom. The van der Waals surface area contributed by atoms with Crippen LogP contribution in [-0.2, 0) is 13.1 Å². The molecule has 2 aromatic rings. The van der Waals surface area contributed by atoms with E-state index in [9.17, 15) is 0 Å². The molecule has 0 N–H and O–H groups in total. The van der Waals surface area contributed by atoms with E-state index in [1.54, 1.807) is 16.9 Å². The third-order valence-electron chi connectivity index (χ3n) is 3.45. The van der Waals surface area contributed by atoms with Gasteiger partial charge in [-0.15, -0.1) is 0 Å². The number of rotatable bonds is 2. The van der Waals surface area contributed by atoms with Crippen LogP contribution in [0.1, 0.15) is 30.7 Å². The molecule has 1 aliphatic rings. The molecule has 0 amide bonds. The zero-order valence-electron chi connectivity index (χ0n) is 11.0. The van der Waals surface area contributed by atoms with E-state index in [1.165, 1.54) is 5.56 Å². The second-order valence-corrected chi connectivity index (χ2v) is 5.06. The summed E-state index contributed by atoms with van der Waals surface area (Å²) in [7, 11) is 0. The molecule has 2 aromatic heterocycles. The van der Waals surface area contributed by atoms with Crippen molar-refractivity contribution in [2.75, 3.05) is 0 Å². The van der Waals surface area contributed by atoms with Gasteiger partial charge in [0.15, 0.2) is 5.82 Å². The van der Waals surface area contributed by atoms with Gasteiger partial charge in [0.1, 0.15) is 6.07 Å². The van der Waals surface area contributed by atoms with Gasteiger partial charge >= 0.3 is 0 Å². The van der Waals surface area contributed by atoms with E-state index < -0.39 is 0 Å². The second kappa shape index (κ2) is 4.48. The first-order chi connectivity index (χ1) is 9.17. The van der Waals surface area contributed by atoms with Crippen molar-refractivity contribution in [2.24, 2.45) is 0 Å². The molecular weight excluding hydrogens is 238 g/mol. The van der Waals surface area contributed by atoms with Gasteiger partial charge in [0.25, 0.3) is 0 Å². The molecule has 0 radical (unpaired) electrons. The summed E-state index contributed by atoms with van der Waals surface area (Å²) >= 11 is 0. The minimum atomic E-state index is 0.538. The molecule has 5 nitrogen and oxygen atoms in total. The quantitative estimate of drug-likeness (QED) is 0.819. The molecule has 0 fully saturated rings. The number of nitriles is 1. The summed E-state index contributed by atoms with van der Waals surface area (Å²) < 4.78 is 1.80. The van der Waals surface area contributed by atoms with Crippen molar-refractivity contribution in [3.8, 4) is 11.9 Å². The highest BCUT2D eigenvalue weighted by Crippen LogP contribution is 2.24. The van der Waals surface area contributed by atoms with E-state index in [0.29, 0.717) is 11.6 Å². The predicted molar refractivity (Wildman–Crippen MR) is 70.5 cm³/mol. The Balaban J connectivity index is 1.86. The summed E-state index contributed by atoms with van der Waals surface area (Å²) in [5.74, 6) is 0.754. The first-order valence-corrected chi connectivity index (χ1v) is 6.35. The maximum atomic E-state index is 8.76. The van der Waals surface area contributed by atoms with Gasteiger partial charge < -0.3 is 0 Å². The average molecular weight is 253 g/mol. The van der Waals surface area contributed by atoms with Gasteiger partial charge in [-0.1, -0.05) is 0 Å². The van der Waals surface area contributed by atoms with Crippen LogP contribution in [0, 0.1) is 11.3 Å². The smallest absolute Gasteiger partial charge is 0.153 e. The third kappa shape index (κ3) is 2.11. The third-order valence-corrected chi connectivity index (χ3v) is 3.45. The molecule has 0 saturated heterocycles. The summed E-state index contributed by atoms with van der Waals surface area (Å²) in [5, 5.41) is 13.3. The molecule has 96 valence electrons. The summed E-state index contributed by atoms with van der Waals surface area (Å²) in [6, 6.07) is 6.18. The lowest BCUT2D eigenvalue weighted by atomic mass is 10.3. The minimum absolute atomic E-state index is 0.538.